The van der Waals surface area contributed by atoms with Crippen molar-refractivity contribution in [3.8, 4) is 5.75 Å². The van der Waals surface area contributed by atoms with Gasteiger partial charge in [-0.05, 0) is 29.3 Å². The molecule has 198 valence electrons. The number of thioether (sulfide) groups is 1. The summed E-state index contributed by atoms with van der Waals surface area (Å²) in [5.41, 5.74) is 6.03. The fourth-order valence-corrected chi connectivity index (χ4v) is 5.92. The third-order valence-corrected chi connectivity index (χ3v) is 7.99. The molecule has 2 fully saturated rings. The third kappa shape index (κ3) is 5.04. The van der Waals surface area contributed by atoms with Crippen LogP contribution in [0.15, 0.2) is 66.7 Å². The van der Waals surface area contributed by atoms with Crippen LogP contribution in [-0.2, 0) is 36.2 Å². The predicted octanol–water partition coefficient (Wildman–Crippen LogP) is 2.36. The quantitative estimate of drug-likeness (QED) is 0.200. The molecule has 0 aliphatic carbocycles. The van der Waals surface area contributed by atoms with E-state index in [1.165, 1.54) is 16.7 Å². The van der Waals surface area contributed by atoms with Crippen LogP contribution in [-0.4, -0.2) is 64.1 Å². The van der Waals surface area contributed by atoms with E-state index in [-0.39, 0.29) is 36.5 Å². The van der Waals surface area contributed by atoms with E-state index in [0.717, 1.165) is 11.1 Å². The van der Waals surface area contributed by atoms with Gasteiger partial charge in [0.05, 0.1) is 24.5 Å². The number of amides is 2. The van der Waals surface area contributed by atoms with Crippen molar-refractivity contribution in [3.05, 3.63) is 77.9 Å². The maximum Gasteiger partial charge on any atom is 0.513 e. The predicted molar refractivity (Wildman–Crippen MR) is 136 cm³/mol. The number of imide groups is 1. The van der Waals surface area contributed by atoms with Gasteiger partial charge in [-0.15, -0.1) is 0 Å². The molecule has 0 saturated carbocycles. The van der Waals surface area contributed by atoms with Crippen LogP contribution in [0.4, 0.5) is 4.79 Å². The van der Waals surface area contributed by atoms with Crippen LogP contribution in [0.1, 0.15) is 11.1 Å². The highest BCUT2D eigenvalue weighted by atomic mass is 32.2. The number of hydrogen-bond donors (Lipinski definition) is 2. The fourth-order valence-electron chi connectivity index (χ4n) is 4.98. The van der Waals surface area contributed by atoms with E-state index in [4.69, 9.17) is 25.1 Å². The number of carboxylic acids is 1. The molecule has 3 aliphatic heterocycles. The lowest BCUT2D eigenvalue weighted by molar-refractivity contribution is -0.146. The van der Waals surface area contributed by atoms with Crippen LogP contribution in [0, 0.1) is 11.8 Å². The van der Waals surface area contributed by atoms with Gasteiger partial charge in [-0.2, -0.15) is 11.8 Å². The molecular formula is C27H26N2O8S. The van der Waals surface area contributed by atoms with Gasteiger partial charge in [-0.1, -0.05) is 48.5 Å². The molecule has 0 aromatic heterocycles. The summed E-state index contributed by atoms with van der Waals surface area (Å²) in [5, 5.41) is 8.84. The van der Waals surface area contributed by atoms with Crippen molar-refractivity contribution in [2.75, 3.05) is 12.4 Å². The minimum absolute atomic E-state index is 0.179. The molecule has 2 aromatic carbocycles. The van der Waals surface area contributed by atoms with Crippen molar-refractivity contribution in [1.29, 1.82) is 0 Å². The summed E-state index contributed by atoms with van der Waals surface area (Å²) in [6, 6.07) is 15.0. The number of carbonyl (C=O) groups excluding carboxylic acids is 3. The number of benzene rings is 2. The molecule has 3 N–H and O–H groups in total. The van der Waals surface area contributed by atoms with E-state index in [1.807, 2.05) is 30.3 Å². The molecule has 3 heterocycles. The number of fused-ring (bicyclic) bond motifs is 5. The first-order chi connectivity index (χ1) is 18.3. The summed E-state index contributed by atoms with van der Waals surface area (Å²) in [4.78, 5) is 50.9. The van der Waals surface area contributed by atoms with Crippen molar-refractivity contribution in [2.24, 2.45) is 17.6 Å². The fraction of sp³-hybridized carbons (Fsp3) is 0.333. The van der Waals surface area contributed by atoms with Gasteiger partial charge in [0.25, 0.3) is 0 Å². The highest BCUT2D eigenvalue weighted by molar-refractivity contribution is 7.98. The van der Waals surface area contributed by atoms with Gasteiger partial charge in [0.2, 0.25) is 11.8 Å². The Bertz CT molecular complexity index is 1270. The monoisotopic (exact) mass is 538 g/mol. The Balaban J connectivity index is 1.16. The Morgan fingerprint density at radius 3 is 2.53 bits per heavy atom. The van der Waals surface area contributed by atoms with E-state index in [0.29, 0.717) is 5.75 Å². The summed E-state index contributed by atoms with van der Waals surface area (Å²) >= 11 is 1.39. The normalized spacial score (nSPS) is 25.9. The summed E-state index contributed by atoms with van der Waals surface area (Å²) in [7, 11) is 0. The molecule has 11 heteroatoms. The minimum Gasteiger partial charge on any atom is -0.480 e. The molecule has 2 bridgehead atoms. The maximum atomic E-state index is 13.3. The number of nitrogens with zero attached hydrogens (tertiary/aromatic N) is 1. The van der Waals surface area contributed by atoms with Gasteiger partial charge in [0.1, 0.15) is 24.0 Å². The van der Waals surface area contributed by atoms with Gasteiger partial charge in [-0.25, -0.2) is 4.79 Å². The van der Waals surface area contributed by atoms with E-state index >= 15 is 0 Å². The second-order valence-corrected chi connectivity index (χ2v) is 10.4. The first-order valence-corrected chi connectivity index (χ1v) is 13.2. The molecular weight excluding hydrogens is 512 g/mol. The Labute approximate surface area is 222 Å². The average molecular weight is 539 g/mol. The molecule has 2 amide bonds. The zero-order valence-corrected chi connectivity index (χ0v) is 21.0. The number of carbonyl (C=O) groups is 4. The van der Waals surface area contributed by atoms with E-state index in [2.05, 4.69) is 0 Å². The molecule has 0 radical (unpaired) electrons. The summed E-state index contributed by atoms with van der Waals surface area (Å²) < 4.78 is 16.6. The zero-order chi connectivity index (χ0) is 26.9. The Morgan fingerprint density at radius 2 is 1.82 bits per heavy atom. The number of carboxylic acid groups (broad SMARTS) is 1. The third-order valence-electron chi connectivity index (χ3n) is 6.85. The van der Waals surface area contributed by atoms with Crippen LogP contribution in [0.3, 0.4) is 0 Å². The maximum absolute atomic E-state index is 13.3. The van der Waals surface area contributed by atoms with Crippen LogP contribution in [0.2, 0.25) is 0 Å². The van der Waals surface area contributed by atoms with Gasteiger partial charge in [-0.3, -0.25) is 19.3 Å². The number of nitrogens with two attached hydrogens (primary N) is 1. The molecule has 0 spiro atoms. The van der Waals surface area contributed by atoms with Crippen molar-refractivity contribution < 1.29 is 38.5 Å². The molecule has 38 heavy (non-hydrogen) atoms. The zero-order valence-electron chi connectivity index (χ0n) is 20.2. The number of ether oxygens (including phenoxy) is 3. The first-order valence-electron chi connectivity index (χ1n) is 12.0. The second-order valence-electron chi connectivity index (χ2n) is 9.39. The number of rotatable bonds is 10. The van der Waals surface area contributed by atoms with Crippen molar-refractivity contribution >= 4 is 35.7 Å². The van der Waals surface area contributed by atoms with Gasteiger partial charge < -0.3 is 25.1 Å². The lowest BCUT2D eigenvalue weighted by Crippen LogP contribution is -2.44. The van der Waals surface area contributed by atoms with Crippen molar-refractivity contribution in [3.63, 3.8) is 0 Å². The van der Waals surface area contributed by atoms with E-state index < -0.39 is 41.7 Å². The standard InChI is InChI=1S/C27H26N2O8S/c28-19(25(32)33)14-38-13-17-6-8-18(9-7-17)36-26(34)35-15-27-11-10-20(37-27)21-22(27)24(31)29(23(21)30)12-16-4-2-1-3-5-16/h1-11,19-22H,12-15,28H2,(H,32,33)/t19-,20?,21?,22?,27?/m0/s1. The van der Waals surface area contributed by atoms with E-state index in [1.54, 1.807) is 36.4 Å². The SMILES string of the molecule is N[C@@H](CSCc1ccc(OC(=O)OCC23C=CC(O2)C2C(=O)N(Cc4ccccc4)C(=O)C23)cc1)C(=O)O. The number of hydrogen-bond acceptors (Lipinski definition) is 9. The molecule has 3 aliphatic rings. The van der Waals surface area contributed by atoms with Gasteiger partial charge in [0.15, 0.2) is 0 Å². The Kier molecular flexibility index (Phi) is 7.24. The second kappa shape index (κ2) is 10.6. The molecule has 4 unspecified atom stereocenters. The van der Waals surface area contributed by atoms with Crippen LogP contribution in [0.25, 0.3) is 0 Å². The molecule has 10 nitrogen and oxygen atoms in total. The van der Waals surface area contributed by atoms with Crippen molar-refractivity contribution in [2.45, 2.75) is 30.0 Å². The molecule has 2 saturated heterocycles. The minimum atomic E-state index is -1.22. The molecule has 5 atom stereocenters. The Hall–Kier alpha value is -3.67. The van der Waals surface area contributed by atoms with Gasteiger partial charge >= 0.3 is 12.1 Å². The Morgan fingerprint density at radius 1 is 1.08 bits per heavy atom. The largest absolute Gasteiger partial charge is 0.513 e. The average Bonchev–Trinajstić information content (AvgIpc) is 3.56. The number of likely N-dealkylation sites (tertiary alicyclic amines) is 1. The highest BCUT2D eigenvalue weighted by Gasteiger charge is 2.68. The van der Waals surface area contributed by atoms with Crippen molar-refractivity contribution in [1.82, 2.24) is 4.90 Å². The molecule has 2 aromatic rings. The number of aliphatic carboxylic acids is 1. The van der Waals surface area contributed by atoms with E-state index in [9.17, 15) is 19.2 Å². The van der Waals surface area contributed by atoms with Crippen LogP contribution >= 0.6 is 11.8 Å². The smallest absolute Gasteiger partial charge is 0.480 e. The molecule has 5 rings (SSSR count). The highest BCUT2D eigenvalue weighted by Crippen LogP contribution is 2.52. The summed E-state index contributed by atoms with van der Waals surface area (Å²) in [5.74, 6) is -2.01. The summed E-state index contributed by atoms with van der Waals surface area (Å²) in [6.07, 6.45) is 1.93. The van der Waals surface area contributed by atoms with Gasteiger partial charge in [0, 0.05) is 11.5 Å². The van der Waals surface area contributed by atoms with Crippen LogP contribution in [0.5, 0.6) is 5.75 Å². The summed E-state index contributed by atoms with van der Waals surface area (Å²) in [6.45, 7) is -0.0885. The first kappa shape index (κ1) is 26.0. The topological polar surface area (TPSA) is 145 Å². The lowest BCUT2D eigenvalue weighted by Gasteiger charge is -2.28. The lowest BCUT2D eigenvalue weighted by atomic mass is 9.77. The van der Waals surface area contributed by atoms with Crippen LogP contribution < -0.4 is 10.5 Å².